The van der Waals surface area contributed by atoms with E-state index in [9.17, 15) is 4.79 Å². The standard InChI is InChI=1S/C29H42N4O/c1-6-10-24-12-16-26(17-13-24)31(20-7-2)21-9-11-25-14-18-27(19-15-25)32-22-30-33(29(32)34)28(8-3)23(4)5/h12-19,22-23,28H,6-11,20-21H2,1-5H3/t28-/m0/s1. The Balaban J connectivity index is 1.61. The van der Waals surface area contributed by atoms with Crippen LogP contribution < -0.4 is 10.6 Å². The maximum absolute atomic E-state index is 12.9. The molecule has 0 saturated heterocycles. The van der Waals surface area contributed by atoms with Crippen LogP contribution in [0.2, 0.25) is 0 Å². The Morgan fingerprint density at radius 1 is 0.853 bits per heavy atom. The fraction of sp³-hybridized carbons (Fsp3) is 0.517. The molecule has 0 spiro atoms. The lowest BCUT2D eigenvalue weighted by Gasteiger charge is -2.24. The summed E-state index contributed by atoms with van der Waals surface area (Å²) < 4.78 is 3.29. The van der Waals surface area contributed by atoms with E-state index in [-0.39, 0.29) is 11.7 Å². The van der Waals surface area contributed by atoms with Crippen molar-refractivity contribution in [2.75, 3.05) is 18.0 Å². The Morgan fingerprint density at radius 2 is 1.50 bits per heavy atom. The minimum atomic E-state index is -0.0616. The first kappa shape index (κ1) is 25.8. The minimum Gasteiger partial charge on any atom is -0.372 e. The van der Waals surface area contributed by atoms with Crippen molar-refractivity contribution in [1.82, 2.24) is 14.3 Å². The lowest BCUT2D eigenvalue weighted by molar-refractivity contribution is 0.327. The number of aryl methyl sites for hydroxylation is 2. The molecule has 34 heavy (non-hydrogen) atoms. The van der Waals surface area contributed by atoms with Gasteiger partial charge in [-0.05, 0) is 73.4 Å². The number of benzene rings is 2. The van der Waals surface area contributed by atoms with Crippen LogP contribution in [0.3, 0.4) is 0 Å². The summed E-state index contributed by atoms with van der Waals surface area (Å²) in [7, 11) is 0. The Labute approximate surface area is 205 Å². The van der Waals surface area contributed by atoms with E-state index in [2.05, 4.69) is 81.0 Å². The van der Waals surface area contributed by atoms with Crippen molar-refractivity contribution < 1.29 is 0 Å². The molecule has 0 aliphatic carbocycles. The van der Waals surface area contributed by atoms with E-state index >= 15 is 0 Å². The zero-order chi connectivity index (χ0) is 24.5. The molecule has 0 amide bonds. The molecule has 1 aromatic heterocycles. The fourth-order valence-corrected chi connectivity index (χ4v) is 4.75. The van der Waals surface area contributed by atoms with Gasteiger partial charge < -0.3 is 4.90 Å². The van der Waals surface area contributed by atoms with Crippen molar-refractivity contribution in [3.63, 3.8) is 0 Å². The fourth-order valence-electron chi connectivity index (χ4n) is 4.75. The third kappa shape index (κ3) is 6.40. The highest BCUT2D eigenvalue weighted by molar-refractivity contribution is 5.47. The topological polar surface area (TPSA) is 43.1 Å². The average Bonchev–Trinajstić information content (AvgIpc) is 3.21. The van der Waals surface area contributed by atoms with Gasteiger partial charge in [-0.15, -0.1) is 0 Å². The van der Waals surface area contributed by atoms with E-state index < -0.39 is 0 Å². The average molecular weight is 463 g/mol. The van der Waals surface area contributed by atoms with Crippen LogP contribution in [0.1, 0.15) is 77.5 Å². The highest BCUT2D eigenvalue weighted by Crippen LogP contribution is 2.20. The Morgan fingerprint density at radius 3 is 2.09 bits per heavy atom. The molecule has 1 atom stereocenters. The number of rotatable bonds is 13. The number of aromatic nitrogens is 3. The van der Waals surface area contributed by atoms with Gasteiger partial charge in [0.15, 0.2) is 0 Å². The summed E-state index contributed by atoms with van der Waals surface area (Å²) in [4.78, 5) is 15.4. The first-order chi connectivity index (χ1) is 16.5. The van der Waals surface area contributed by atoms with Crippen molar-refractivity contribution in [2.45, 2.75) is 79.2 Å². The second-order valence-corrected chi connectivity index (χ2v) is 9.62. The molecular weight excluding hydrogens is 420 g/mol. The van der Waals surface area contributed by atoms with Gasteiger partial charge >= 0.3 is 5.69 Å². The summed E-state index contributed by atoms with van der Waals surface area (Å²) in [5.74, 6) is 0.370. The Kier molecular flexibility index (Phi) is 9.55. The monoisotopic (exact) mass is 462 g/mol. The number of nitrogens with zero attached hydrogens (tertiary/aromatic N) is 4. The number of hydrogen-bond acceptors (Lipinski definition) is 3. The van der Waals surface area contributed by atoms with Crippen LogP contribution in [-0.2, 0) is 12.8 Å². The predicted octanol–water partition coefficient (Wildman–Crippen LogP) is 6.44. The van der Waals surface area contributed by atoms with Crippen LogP contribution in [-0.4, -0.2) is 27.4 Å². The van der Waals surface area contributed by atoms with Gasteiger partial charge in [-0.1, -0.05) is 65.3 Å². The van der Waals surface area contributed by atoms with Crippen molar-refractivity contribution in [3.8, 4) is 5.69 Å². The lowest BCUT2D eigenvalue weighted by atomic mass is 10.0. The Hall–Kier alpha value is -2.82. The molecular formula is C29H42N4O. The molecule has 2 aromatic carbocycles. The molecule has 184 valence electrons. The summed E-state index contributed by atoms with van der Waals surface area (Å²) in [5.41, 5.74) is 4.85. The second-order valence-electron chi connectivity index (χ2n) is 9.62. The highest BCUT2D eigenvalue weighted by Gasteiger charge is 2.18. The zero-order valence-electron chi connectivity index (χ0n) is 21.7. The minimum absolute atomic E-state index is 0.0616. The lowest BCUT2D eigenvalue weighted by Crippen LogP contribution is -2.29. The molecule has 5 nitrogen and oxygen atoms in total. The smallest absolute Gasteiger partial charge is 0.350 e. The normalized spacial score (nSPS) is 12.3. The molecule has 0 saturated carbocycles. The summed E-state index contributed by atoms with van der Waals surface area (Å²) in [5, 5.41) is 4.40. The predicted molar refractivity (Wildman–Crippen MR) is 143 cm³/mol. The van der Waals surface area contributed by atoms with E-state index in [1.54, 1.807) is 15.6 Å². The molecule has 3 rings (SSSR count). The van der Waals surface area contributed by atoms with E-state index in [0.29, 0.717) is 5.92 Å². The number of anilines is 1. The number of hydrogen-bond donors (Lipinski definition) is 0. The van der Waals surface area contributed by atoms with E-state index in [4.69, 9.17) is 0 Å². The summed E-state index contributed by atoms with van der Waals surface area (Å²) in [6.45, 7) is 13.0. The molecule has 0 aliphatic rings. The van der Waals surface area contributed by atoms with Crippen LogP contribution in [0.15, 0.2) is 59.7 Å². The SMILES string of the molecule is CCCc1ccc(N(CCC)CCCc2ccc(-n3cnn([C@@H](CC)C(C)C)c3=O)cc2)cc1. The van der Waals surface area contributed by atoms with Gasteiger partial charge in [-0.3, -0.25) is 0 Å². The van der Waals surface area contributed by atoms with Crippen molar-refractivity contribution in [1.29, 1.82) is 0 Å². The molecule has 0 N–H and O–H groups in total. The maximum atomic E-state index is 12.9. The maximum Gasteiger partial charge on any atom is 0.350 e. The summed E-state index contributed by atoms with van der Waals surface area (Å²) >= 11 is 0. The zero-order valence-corrected chi connectivity index (χ0v) is 21.7. The second kappa shape index (κ2) is 12.6. The third-order valence-corrected chi connectivity index (χ3v) is 6.64. The highest BCUT2D eigenvalue weighted by atomic mass is 16.2. The molecule has 1 heterocycles. The summed E-state index contributed by atoms with van der Waals surface area (Å²) in [6, 6.07) is 17.6. The van der Waals surface area contributed by atoms with Gasteiger partial charge in [0.1, 0.15) is 6.33 Å². The van der Waals surface area contributed by atoms with Gasteiger partial charge in [0.2, 0.25) is 0 Å². The quantitative estimate of drug-likeness (QED) is 0.293. The van der Waals surface area contributed by atoms with Crippen molar-refractivity contribution in [2.24, 2.45) is 5.92 Å². The molecule has 3 aromatic rings. The van der Waals surface area contributed by atoms with Gasteiger partial charge in [-0.2, -0.15) is 5.10 Å². The van der Waals surface area contributed by atoms with Crippen LogP contribution in [0.25, 0.3) is 5.69 Å². The van der Waals surface area contributed by atoms with Crippen LogP contribution in [0, 0.1) is 5.92 Å². The van der Waals surface area contributed by atoms with Crippen molar-refractivity contribution >= 4 is 5.69 Å². The van der Waals surface area contributed by atoms with Gasteiger partial charge in [0.05, 0.1) is 11.7 Å². The summed E-state index contributed by atoms with van der Waals surface area (Å²) in [6.07, 6.45) is 8.14. The third-order valence-electron chi connectivity index (χ3n) is 6.64. The molecule has 0 unspecified atom stereocenters. The van der Waals surface area contributed by atoms with Gasteiger partial charge in [0.25, 0.3) is 0 Å². The van der Waals surface area contributed by atoms with Crippen LogP contribution >= 0.6 is 0 Å². The first-order valence-electron chi connectivity index (χ1n) is 13.1. The van der Waals surface area contributed by atoms with Crippen LogP contribution in [0.4, 0.5) is 5.69 Å². The molecule has 0 bridgehead atoms. The molecule has 0 aliphatic heterocycles. The van der Waals surface area contributed by atoms with Gasteiger partial charge in [-0.25, -0.2) is 14.0 Å². The Bertz CT molecular complexity index is 1050. The van der Waals surface area contributed by atoms with E-state index in [1.165, 1.54) is 23.2 Å². The van der Waals surface area contributed by atoms with Gasteiger partial charge in [0, 0.05) is 18.8 Å². The first-order valence-corrected chi connectivity index (χ1v) is 13.1. The van der Waals surface area contributed by atoms with E-state index in [0.717, 1.165) is 50.9 Å². The molecule has 5 heteroatoms. The van der Waals surface area contributed by atoms with E-state index in [1.807, 2.05) is 12.1 Å². The van der Waals surface area contributed by atoms with Crippen LogP contribution in [0.5, 0.6) is 0 Å². The largest absolute Gasteiger partial charge is 0.372 e. The van der Waals surface area contributed by atoms with Crippen molar-refractivity contribution in [3.05, 3.63) is 76.5 Å². The molecule has 0 fully saturated rings. The molecule has 0 radical (unpaired) electrons.